The zero-order chi connectivity index (χ0) is 21.8. The average Bonchev–Trinajstić information content (AvgIpc) is 3.21. The second kappa shape index (κ2) is 8.60. The molecular weight excluding hydrogens is 388 g/mol. The van der Waals surface area contributed by atoms with Gasteiger partial charge >= 0.3 is 5.97 Å². The molecule has 30 heavy (non-hydrogen) atoms. The molecule has 0 radical (unpaired) electrons. The van der Waals surface area contributed by atoms with E-state index < -0.39 is 22.9 Å². The lowest BCUT2D eigenvalue weighted by molar-refractivity contribution is -0.384. The number of nitro groups is 1. The molecule has 0 aliphatic carbocycles. The van der Waals surface area contributed by atoms with Crippen molar-refractivity contribution in [3.05, 3.63) is 81.6 Å². The zero-order valence-electron chi connectivity index (χ0n) is 16.7. The number of hydrogen-bond acceptors (Lipinski definition) is 6. The summed E-state index contributed by atoms with van der Waals surface area (Å²) in [6.07, 6.45) is -1.04. The first kappa shape index (κ1) is 20.8. The number of hydrogen-bond donors (Lipinski definition) is 1. The molecule has 0 fully saturated rings. The molecule has 3 aromatic rings. The molecule has 1 heterocycles. The van der Waals surface area contributed by atoms with Crippen molar-refractivity contribution in [3.63, 3.8) is 0 Å². The summed E-state index contributed by atoms with van der Waals surface area (Å²) in [6, 6.07) is 14.4. The third-order valence-corrected chi connectivity index (χ3v) is 4.55. The van der Waals surface area contributed by atoms with Crippen LogP contribution in [0, 0.1) is 24.0 Å². The van der Waals surface area contributed by atoms with Crippen LogP contribution in [0.25, 0.3) is 11.3 Å². The lowest BCUT2D eigenvalue weighted by atomic mass is 10.1. The van der Waals surface area contributed by atoms with Gasteiger partial charge in [0.1, 0.15) is 5.76 Å². The van der Waals surface area contributed by atoms with Gasteiger partial charge in [-0.1, -0.05) is 18.2 Å². The van der Waals surface area contributed by atoms with Crippen molar-refractivity contribution in [1.29, 1.82) is 0 Å². The first-order valence-corrected chi connectivity index (χ1v) is 9.19. The number of furan rings is 1. The number of amides is 1. The standard InChI is InChI=1S/C22H20N2O6/c1-13-5-4-6-14(2)20(13)23-21(25)15(3)29-22(26)19-12-11-18(30-19)16-7-9-17(10-8-16)24(27)28/h4-12,15H,1-3H3,(H,23,25)/t15-/m0/s1. The predicted molar refractivity (Wildman–Crippen MR) is 110 cm³/mol. The minimum Gasteiger partial charge on any atom is -0.449 e. The second-order valence-electron chi connectivity index (χ2n) is 6.77. The van der Waals surface area contributed by atoms with Crippen molar-refractivity contribution in [2.24, 2.45) is 0 Å². The van der Waals surface area contributed by atoms with E-state index in [1.807, 2.05) is 32.0 Å². The summed E-state index contributed by atoms with van der Waals surface area (Å²) < 4.78 is 10.7. The third kappa shape index (κ3) is 4.54. The van der Waals surface area contributed by atoms with Crippen molar-refractivity contribution in [2.75, 3.05) is 5.32 Å². The molecule has 1 atom stereocenters. The molecule has 8 nitrogen and oxygen atoms in total. The fourth-order valence-corrected chi connectivity index (χ4v) is 2.86. The summed E-state index contributed by atoms with van der Waals surface area (Å²) in [5.74, 6) is -0.963. The SMILES string of the molecule is Cc1cccc(C)c1NC(=O)[C@H](C)OC(=O)c1ccc(-c2ccc([N+](=O)[O-])cc2)o1. The van der Waals surface area contributed by atoms with Crippen LogP contribution in [0.4, 0.5) is 11.4 Å². The molecule has 2 aromatic carbocycles. The third-order valence-electron chi connectivity index (χ3n) is 4.55. The van der Waals surface area contributed by atoms with Gasteiger partial charge in [-0.15, -0.1) is 0 Å². The number of benzene rings is 2. The van der Waals surface area contributed by atoms with Gasteiger partial charge in [0, 0.05) is 23.4 Å². The molecule has 0 saturated carbocycles. The lowest BCUT2D eigenvalue weighted by Gasteiger charge is -2.15. The minimum absolute atomic E-state index is 0.0475. The zero-order valence-corrected chi connectivity index (χ0v) is 16.7. The molecule has 0 spiro atoms. The molecule has 1 aromatic heterocycles. The van der Waals surface area contributed by atoms with Gasteiger partial charge in [0.15, 0.2) is 6.10 Å². The normalized spacial score (nSPS) is 11.6. The summed E-state index contributed by atoms with van der Waals surface area (Å²) in [7, 11) is 0. The van der Waals surface area contributed by atoms with E-state index in [0.717, 1.165) is 11.1 Å². The van der Waals surface area contributed by atoms with Gasteiger partial charge in [-0.3, -0.25) is 14.9 Å². The molecule has 0 aliphatic heterocycles. The number of carbonyl (C=O) groups excluding carboxylic acids is 2. The molecule has 0 bridgehead atoms. The van der Waals surface area contributed by atoms with Crippen LogP contribution in [0.15, 0.2) is 59.0 Å². The average molecular weight is 408 g/mol. The Bertz CT molecular complexity index is 1080. The Morgan fingerprint density at radius 2 is 1.67 bits per heavy atom. The van der Waals surface area contributed by atoms with Crippen LogP contribution in [0.5, 0.6) is 0 Å². The molecule has 3 rings (SSSR count). The number of nitrogens with zero attached hydrogens (tertiary/aromatic N) is 1. The van der Waals surface area contributed by atoms with Crippen molar-refractivity contribution in [3.8, 4) is 11.3 Å². The van der Waals surface area contributed by atoms with Crippen LogP contribution >= 0.6 is 0 Å². The van der Waals surface area contributed by atoms with E-state index in [-0.39, 0.29) is 11.4 Å². The first-order valence-electron chi connectivity index (χ1n) is 9.19. The lowest BCUT2D eigenvalue weighted by Crippen LogP contribution is -2.30. The van der Waals surface area contributed by atoms with Gasteiger partial charge in [0.2, 0.25) is 5.76 Å². The Balaban J connectivity index is 1.66. The van der Waals surface area contributed by atoms with Crippen molar-refractivity contribution in [2.45, 2.75) is 26.9 Å². The van der Waals surface area contributed by atoms with Gasteiger partial charge in [-0.2, -0.15) is 0 Å². The maximum absolute atomic E-state index is 12.4. The molecule has 0 aliphatic rings. The maximum Gasteiger partial charge on any atom is 0.375 e. The van der Waals surface area contributed by atoms with Gasteiger partial charge in [-0.25, -0.2) is 4.79 Å². The van der Waals surface area contributed by atoms with Crippen LogP contribution in [-0.2, 0) is 9.53 Å². The van der Waals surface area contributed by atoms with E-state index in [2.05, 4.69) is 5.32 Å². The molecule has 1 N–H and O–H groups in total. The van der Waals surface area contributed by atoms with Crippen LogP contribution in [0.3, 0.4) is 0 Å². The molecule has 1 amide bonds. The van der Waals surface area contributed by atoms with Crippen LogP contribution in [-0.4, -0.2) is 22.9 Å². The monoisotopic (exact) mass is 408 g/mol. The Kier molecular flexibility index (Phi) is 5.96. The van der Waals surface area contributed by atoms with E-state index in [0.29, 0.717) is 17.0 Å². The van der Waals surface area contributed by atoms with Crippen LogP contribution in [0.1, 0.15) is 28.6 Å². The Hall–Kier alpha value is -3.94. The number of esters is 1. The summed E-state index contributed by atoms with van der Waals surface area (Å²) in [5, 5.41) is 13.5. The van der Waals surface area contributed by atoms with Crippen molar-refractivity contribution in [1.82, 2.24) is 0 Å². The van der Waals surface area contributed by atoms with Gasteiger partial charge < -0.3 is 14.5 Å². The molecule has 0 saturated heterocycles. The van der Waals surface area contributed by atoms with Crippen LogP contribution in [0.2, 0.25) is 0 Å². The molecule has 0 unspecified atom stereocenters. The van der Waals surface area contributed by atoms with E-state index in [9.17, 15) is 19.7 Å². The Morgan fingerprint density at radius 3 is 2.27 bits per heavy atom. The number of aryl methyl sites for hydroxylation is 2. The van der Waals surface area contributed by atoms with Crippen molar-refractivity contribution >= 4 is 23.3 Å². The highest BCUT2D eigenvalue weighted by Gasteiger charge is 2.22. The van der Waals surface area contributed by atoms with Gasteiger partial charge in [0.25, 0.3) is 11.6 Å². The molecule has 154 valence electrons. The highest BCUT2D eigenvalue weighted by atomic mass is 16.6. The Morgan fingerprint density at radius 1 is 1.03 bits per heavy atom. The topological polar surface area (TPSA) is 112 Å². The van der Waals surface area contributed by atoms with Gasteiger partial charge in [-0.05, 0) is 56.2 Å². The number of anilines is 1. The minimum atomic E-state index is -1.04. The number of nitro benzene ring substituents is 1. The summed E-state index contributed by atoms with van der Waals surface area (Å²) in [5.41, 5.74) is 3.01. The number of nitrogens with one attached hydrogen (secondary N) is 1. The maximum atomic E-state index is 12.4. The highest BCUT2D eigenvalue weighted by molar-refractivity contribution is 5.97. The smallest absolute Gasteiger partial charge is 0.375 e. The number of rotatable bonds is 6. The quantitative estimate of drug-likeness (QED) is 0.361. The largest absolute Gasteiger partial charge is 0.449 e. The Labute approximate surface area is 172 Å². The summed E-state index contributed by atoms with van der Waals surface area (Å²) in [6.45, 7) is 5.23. The first-order chi connectivity index (χ1) is 14.3. The summed E-state index contributed by atoms with van der Waals surface area (Å²) >= 11 is 0. The van der Waals surface area contributed by atoms with Gasteiger partial charge in [0.05, 0.1) is 4.92 Å². The van der Waals surface area contributed by atoms with E-state index in [1.54, 1.807) is 6.07 Å². The van der Waals surface area contributed by atoms with E-state index >= 15 is 0 Å². The van der Waals surface area contributed by atoms with Crippen molar-refractivity contribution < 1.29 is 23.7 Å². The van der Waals surface area contributed by atoms with E-state index in [1.165, 1.54) is 37.3 Å². The fraction of sp³-hybridized carbons (Fsp3) is 0.182. The predicted octanol–water partition coefficient (Wildman–Crippen LogP) is 4.66. The molecular formula is C22H20N2O6. The molecule has 8 heteroatoms. The second-order valence-corrected chi connectivity index (χ2v) is 6.77. The fourth-order valence-electron chi connectivity index (χ4n) is 2.86. The number of para-hydroxylation sites is 1. The highest BCUT2D eigenvalue weighted by Crippen LogP contribution is 2.25. The number of carbonyl (C=O) groups is 2. The van der Waals surface area contributed by atoms with E-state index in [4.69, 9.17) is 9.15 Å². The number of non-ortho nitro benzene ring substituents is 1. The number of ether oxygens (including phenoxy) is 1. The summed E-state index contributed by atoms with van der Waals surface area (Å²) in [4.78, 5) is 35.0. The van der Waals surface area contributed by atoms with Crippen LogP contribution < -0.4 is 5.32 Å².